The predicted molar refractivity (Wildman–Crippen MR) is 132 cm³/mol. The van der Waals surface area contributed by atoms with E-state index in [2.05, 4.69) is 4.98 Å². The summed E-state index contributed by atoms with van der Waals surface area (Å²) in [5, 5.41) is 11.4. The molecule has 0 aliphatic carbocycles. The molecule has 1 N–H and O–H groups in total. The van der Waals surface area contributed by atoms with Gasteiger partial charge in [0.15, 0.2) is 0 Å². The number of para-hydroxylation sites is 1. The van der Waals surface area contributed by atoms with E-state index in [0.717, 1.165) is 11.1 Å². The summed E-state index contributed by atoms with van der Waals surface area (Å²) in [6.07, 6.45) is 3.26. The van der Waals surface area contributed by atoms with E-state index in [9.17, 15) is 14.7 Å². The average molecular weight is 473 g/mol. The maximum absolute atomic E-state index is 13.3. The van der Waals surface area contributed by atoms with E-state index in [1.54, 1.807) is 54.9 Å². The van der Waals surface area contributed by atoms with Crippen molar-refractivity contribution in [2.45, 2.75) is 39.5 Å². The molecule has 0 spiro atoms. The third-order valence-corrected chi connectivity index (χ3v) is 5.89. The van der Waals surface area contributed by atoms with Crippen LogP contribution in [0.2, 0.25) is 0 Å². The van der Waals surface area contributed by atoms with Gasteiger partial charge in [-0.3, -0.25) is 14.6 Å². The molecule has 1 aliphatic rings. The van der Waals surface area contributed by atoms with Gasteiger partial charge in [-0.25, -0.2) is 0 Å². The molecule has 2 heterocycles. The van der Waals surface area contributed by atoms with Crippen LogP contribution in [0.5, 0.6) is 11.5 Å². The Morgan fingerprint density at radius 3 is 2.43 bits per heavy atom. The molecule has 1 unspecified atom stereocenters. The number of amides is 1. The highest BCUT2D eigenvalue weighted by atomic mass is 16.5. The second kappa shape index (κ2) is 10.0. The number of methoxy groups -OCH3 is 1. The molecule has 4 rings (SSSR count). The van der Waals surface area contributed by atoms with Gasteiger partial charge in [-0.2, -0.15) is 0 Å². The van der Waals surface area contributed by atoms with Crippen molar-refractivity contribution in [2.24, 2.45) is 0 Å². The number of rotatable bonds is 7. The number of nitrogens with zero attached hydrogens (tertiary/aromatic N) is 2. The highest BCUT2D eigenvalue weighted by Crippen LogP contribution is 2.43. The van der Waals surface area contributed by atoms with Crippen LogP contribution in [0.15, 0.2) is 72.6 Å². The van der Waals surface area contributed by atoms with Crippen molar-refractivity contribution in [2.75, 3.05) is 7.11 Å². The van der Waals surface area contributed by atoms with Crippen molar-refractivity contribution in [3.63, 3.8) is 0 Å². The summed E-state index contributed by atoms with van der Waals surface area (Å²) >= 11 is 0. The number of likely N-dealkylation sites (tertiary alicyclic amines) is 1. The van der Waals surface area contributed by atoms with Crippen LogP contribution in [0.1, 0.15) is 42.1 Å². The van der Waals surface area contributed by atoms with Gasteiger partial charge >= 0.3 is 0 Å². The molecule has 1 fully saturated rings. The summed E-state index contributed by atoms with van der Waals surface area (Å²) < 4.78 is 11.4. The first-order valence-electron chi connectivity index (χ1n) is 11.4. The van der Waals surface area contributed by atoms with Crippen LogP contribution in [-0.4, -0.2) is 39.9 Å². The van der Waals surface area contributed by atoms with Gasteiger partial charge in [0.2, 0.25) is 0 Å². The number of aromatic nitrogens is 1. The molecule has 1 amide bonds. The molecule has 1 aromatic heterocycles. The SMILES string of the molecule is COc1ccccc1C1/C(=C(\O)c2ccc(OC(C)C)c(C)c2)C(=O)C(=O)N1Cc1ccncc1. The molecule has 0 bridgehead atoms. The lowest BCUT2D eigenvalue weighted by atomic mass is 9.94. The summed E-state index contributed by atoms with van der Waals surface area (Å²) in [7, 11) is 1.53. The second-order valence-electron chi connectivity index (χ2n) is 8.67. The fraction of sp³-hybridized carbons (Fsp3) is 0.250. The first-order chi connectivity index (χ1) is 16.8. The third-order valence-electron chi connectivity index (χ3n) is 5.89. The number of carbonyl (C=O) groups excluding carboxylic acids is 2. The van der Waals surface area contributed by atoms with Gasteiger partial charge in [-0.05, 0) is 68.3 Å². The van der Waals surface area contributed by atoms with E-state index in [-0.39, 0.29) is 24.0 Å². The number of aliphatic hydroxyl groups is 1. The first kappa shape index (κ1) is 24.0. The Labute approximate surface area is 204 Å². The minimum atomic E-state index is -0.828. The zero-order valence-electron chi connectivity index (χ0n) is 20.2. The molecular formula is C28H28N2O5. The number of Topliss-reactive ketones (excluding diaryl/α,β-unsaturated/α-hetero) is 1. The van der Waals surface area contributed by atoms with Crippen LogP contribution in [0, 0.1) is 6.92 Å². The van der Waals surface area contributed by atoms with Crippen molar-refractivity contribution < 1.29 is 24.2 Å². The van der Waals surface area contributed by atoms with Gasteiger partial charge in [0.05, 0.1) is 24.8 Å². The van der Waals surface area contributed by atoms with Crippen molar-refractivity contribution in [3.05, 3.63) is 94.8 Å². The number of benzene rings is 2. The standard InChI is InChI=1S/C28H28N2O5/c1-17(2)35-22-10-9-20(15-18(22)3)26(31)24-25(21-7-5-6-8-23(21)34-4)30(28(33)27(24)32)16-19-11-13-29-14-12-19/h5-15,17,25,31H,16H2,1-4H3/b26-24+. The van der Waals surface area contributed by atoms with Gasteiger partial charge in [0, 0.05) is 30.1 Å². The molecule has 1 aliphatic heterocycles. The largest absolute Gasteiger partial charge is 0.507 e. The summed E-state index contributed by atoms with van der Waals surface area (Å²) in [4.78, 5) is 32.0. The molecule has 1 atom stereocenters. The lowest BCUT2D eigenvalue weighted by molar-refractivity contribution is -0.140. The number of ketones is 1. The van der Waals surface area contributed by atoms with Crippen LogP contribution < -0.4 is 9.47 Å². The van der Waals surface area contributed by atoms with Crippen LogP contribution in [0.25, 0.3) is 5.76 Å². The quantitative estimate of drug-likeness (QED) is 0.302. The minimum absolute atomic E-state index is 0.00259. The summed E-state index contributed by atoms with van der Waals surface area (Å²) in [6.45, 7) is 5.91. The normalized spacial score (nSPS) is 17.2. The van der Waals surface area contributed by atoms with Crippen molar-refractivity contribution in [1.29, 1.82) is 0 Å². The average Bonchev–Trinajstić information content (AvgIpc) is 3.10. The molecule has 7 nitrogen and oxygen atoms in total. The highest BCUT2D eigenvalue weighted by Gasteiger charge is 2.47. The molecule has 0 radical (unpaired) electrons. The van der Waals surface area contributed by atoms with Crippen LogP contribution in [0.3, 0.4) is 0 Å². The number of aliphatic hydroxyl groups excluding tert-OH is 1. The number of pyridine rings is 1. The van der Waals surface area contributed by atoms with Crippen molar-refractivity contribution in [1.82, 2.24) is 9.88 Å². The zero-order valence-corrected chi connectivity index (χ0v) is 20.2. The van der Waals surface area contributed by atoms with Crippen LogP contribution in [0.4, 0.5) is 0 Å². The second-order valence-corrected chi connectivity index (χ2v) is 8.67. The predicted octanol–water partition coefficient (Wildman–Crippen LogP) is 4.81. The van der Waals surface area contributed by atoms with E-state index in [1.807, 2.05) is 32.9 Å². The number of ether oxygens (including phenoxy) is 2. The van der Waals surface area contributed by atoms with E-state index < -0.39 is 17.7 Å². The first-order valence-corrected chi connectivity index (χ1v) is 11.4. The molecule has 1 saturated heterocycles. The van der Waals surface area contributed by atoms with Crippen LogP contribution in [-0.2, 0) is 16.1 Å². The number of hydrogen-bond donors (Lipinski definition) is 1. The molecule has 0 saturated carbocycles. The summed E-state index contributed by atoms with van der Waals surface area (Å²) in [5.74, 6) is -0.461. The van der Waals surface area contributed by atoms with Crippen LogP contribution >= 0.6 is 0 Å². The zero-order chi connectivity index (χ0) is 25.1. The fourth-order valence-electron chi connectivity index (χ4n) is 4.28. The fourth-order valence-corrected chi connectivity index (χ4v) is 4.28. The van der Waals surface area contributed by atoms with E-state index in [1.165, 1.54) is 12.0 Å². The summed E-state index contributed by atoms with van der Waals surface area (Å²) in [6, 6.07) is 15.1. The third kappa shape index (κ3) is 4.75. The molecule has 180 valence electrons. The van der Waals surface area contributed by atoms with Gasteiger partial charge in [0.1, 0.15) is 17.3 Å². The molecular weight excluding hydrogens is 444 g/mol. The Bertz CT molecular complexity index is 1280. The lowest BCUT2D eigenvalue weighted by Gasteiger charge is -2.26. The monoisotopic (exact) mass is 472 g/mol. The molecule has 7 heteroatoms. The highest BCUT2D eigenvalue weighted by molar-refractivity contribution is 6.46. The van der Waals surface area contributed by atoms with Crippen molar-refractivity contribution >= 4 is 17.4 Å². The smallest absolute Gasteiger partial charge is 0.295 e. The van der Waals surface area contributed by atoms with Gasteiger partial charge in [0.25, 0.3) is 11.7 Å². The maximum Gasteiger partial charge on any atom is 0.295 e. The lowest BCUT2D eigenvalue weighted by Crippen LogP contribution is -2.29. The van der Waals surface area contributed by atoms with E-state index >= 15 is 0 Å². The van der Waals surface area contributed by atoms with Gasteiger partial charge < -0.3 is 19.5 Å². The van der Waals surface area contributed by atoms with Gasteiger partial charge in [-0.1, -0.05) is 18.2 Å². The number of aryl methyl sites for hydroxylation is 1. The Balaban J connectivity index is 1.86. The topological polar surface area (TPSA) is 89.0 Å². The Morgan fingerprint density at radius 2 is 1.77 bits per heavy atom. The molecule has 2 aromatic carbocycles. The summed E-state index contributed by atoms with van der Waals surface area (Å²) in [5.41, 5.74) is 2.68. The van der Waals surface area contributed by atoms with Crippen molar-refractivity contribution in [3.8, 4) is 11.5 Å². The minimum Gasteiger partial charge on any atom is -0.507 e. The van der Waals surface area contributed by atoms with E-state index in [4.69, 9.17) is 9.47 Å². The Hall–Kier alpha value is -4.13. The Kier molecular flexibility index (Phi) is 6.87. The van der Waals surface area contributed by atoms with E-state index in [0.29, 0.717) is 22.6 Å². The van der Waals surface area contributed by atoms with Gasteiger partial charge in [-0.15, -0.1) is 0 Å². The molecule has 35 heavy (non-hydrogen) atoms. The Morgan fingerprint density at radius 1 is 1.06 bits per heavy atom. The maximum atomic E-state index is 13.3. The molecule has 3 aromatic rings. The number of hydrogen-bond acceptors (Lipinski definition) is 6. The number of carbonyl (C=O) groups is 2.